The van der Waals surface area contributed by atoms with Crippen LogP contribution in [0.1, 0.15) is 19.3 Å². The zero-order valence-electron chi connectivity index (χ0n) is 10.5. The number of thioether (sulfide) groups is 1. The molecular formula is C14H13F3O2S. The summed E-state index contributed by atoms with van der Waals surface area (Å²) in [7, 11) is 0. The fourth-order valence-corrected chi connectivity index (χ4v) is 2.59. The maximum atomic E-state index is 12.4. The van der Waals surface area contributed by atoms with Gasteiger partial charge in [-0.15, -0.1) is 0 Å². The molecular weight excluding hydrogens is 289 g/mol. The topological polar surface area (TPSA) is 26.3 Å². The highest BCUT2D eigenvalue weighted by atomic mass is 32.2. The molecule has 0 aliphatic heterocycles. The molecule has 0 saturated carbocycles. The maximum Gasteiger partial charge on any atom is 0.446 e. The van der Waals surface area contributed by atoms with Crippen LogP contribution in [0.5, 0.6) is 5.75 Å². The van der Waals surface area contributed by atoms with Gasteiger partial charge in [-0.2, -0.15) is 13.2 Å². The van der Waals surface area contributed by atoms with E-state index in [0.717, 1.165) is 12.8 Å². The first-order valence-corrected chi connectivity index (χ1v) is 6.98. The maximum absolute atomic E-state index is 12.4. The predicted octanol–water partition coefficient (Wildman–Crippen LogP) is 4.56. The first-order chi connectivity index (χ1) is 9.44. The van der Waals surface area contributed by atoms with Crippen molar-refractivity contribution in [3.63, 3.8) is 0 Å². The van der Waals surface area contributed by atoms with E-state index in [2.05, 4.69) is 0 Å². The van der Waals surface area contributed by atoms with Crippen LogP contribution in [0.3, 0.4) is 0 Å². The Kier molecular flexibility index (Phi) is 4.75. The Hall–Kier alpha value is -1.43. The predicted molar refractivity (Wildman–Crippen MR) is 70.5 cm³/mol. The van der Waals surface area contributed by atoms with E-state index in [-0.39, 0.29) is 34.7 Å². The molecule has 0 fully saturated rings. The number of hydrogen-bond donors (Lipinski definition) is 0. The van der Waals surface area contributed by atoms with Crippen LogP contribution < -0.4 is 4.74 Å². The molecule has 1 aliphatic rings. The summed E-state index contributed by atoms with van der Waals surface area (Å²) < 4.78 is 42.3. The van der Waals surface area contributed by atoms with Gasteiger partial charge in [-0.3, -0.25) is 4.79 Å². The molecule has 2 rings (SSSR count). The minimum absolute atomic E-state index is 0.0400. The van der Waals surface area contributed by atoms with Crippen LogP contribution in [0, 0.1) is 5.92 Å². The molecule has 1 atom stereocenters. The van der Waals surface area contributed by atoms with Crippen molar-refractivity contribution in [2.45, 2.75) is 29.7 Å². The molecule has 0 radical (unpaired) electrons. The van der Waals surface area contributed by atoms with E-state index in [1.165, 1.54) is 18.2 Å². The standard InChI is InChI=1S/C14H13F3O2S/c15-14(16,17)20-12-8-4-3-7-11(12)19-13(18)9-10-5-1-2-6-10/h1,3-5,7-8,10H,2,6,9H2. The summed E-state index contributed by atoms with van der Waals surface area (Å²) in [6.45, 7) is 0. The third kappa shape index (κ3) is 4.59. The van der Waals surface area contributed by atoms with Crippen LogP contribution in [0.15, 0.2) is 41.3 Å². The highest BCUT2D eigenvalue weighted by Gasteiger charge is 2.31. The van der Waals surface area contributed by atoms with Gasteiger partial charge in [0.25, 0.3) is 0 Å². The normalized spacial score (nSPS) is 18.2. The van der Waals surface area contributed by atoms with Gasteiger partial charge < -0.3 is 4.74 Å². The number of alkyl halides is 3. The van der Waals surface area contributed by atoms with Crippen molar-refractivity contribution in [3.8, 4) is 5.75 Å². The molecule has 0 saturated heterocycles. The lowest BCUT2D eigenvalue weighted by atomic mass is 10.1. The fraction of sp³-hybridized carbons (Fsp3) is 0.357. The number of rotatable bonds is 4. The van der Waals surface area contributed by atoms with Crippen LogP contribution in [0.25, 0.3) is 0 Å². The van der Waals surface area contributed by atoms with Gasteiger partial charge in [-0.1, -0.05) is 24.3 Å². The number of allylic oxidation sites excluding steroid dienone is 2. The number of carbonyl (C=O) groups excluding carboxylic acids is 1. The summed E-state index contributed by atoms with van der Waals surface area (Å²) in [6, 6.07) is 5.68. The zero-order valence-corrected chi connectivity index (χ0v) is 11.3. The van der Waals surface area contributed by atoms with Gasteiger partial charge in [0, 0.05) is 0 Å². The molecule has 0 N–H and O–H groups in total. The molecule has 6 heteroatoms. The highest BCUT2D eigenvalue weighted by molar-refractivity contribution is 8.00. The number of halogens is 3. The molecule has 1 aromatic rings. The second kappa shape index (κ2) is 6.35. The molecule has 0 aromatic heterocycles. The Labute approximate surface area is 119 Å². The van der Waals surface area contributed by atoms with Gasteiger partial charge in [-0.05, 0) is 42.7 Å². The smallest absolute Gasteiger partial charge is 0.425 e. The zero-order chi connectivity index (χ0) is 14.6. The number of ether oxygens (including phenoxy) is 1. The van der Waals surface area contributed by atoms with Crippen molar-refractivity contribution in [3.05, 3.63) is 36.4 Å². The lowest BCUT2D eigenvalue weighted by Crippen LogP contribution is -2.12. The molecule has 2 nitrogen and oxygen atoms in total. The number of esters is 1. The van der Waals surface area contributed by atoms with E-state index in [0.29, 0.717) is 0 Å². The average molecular weight is 302 g/mol. The lowest BCUT2D eigenvalue weighted by Gasteiger charge is -2.12. The molecule has 0 spiro atoms. The summed E-state index contributed by atoms with van der Waals surface area (Å²) in [6.07, 6.45) is 5.94. The second-order valence-electron chi connectivity index (χ2n) is 4.44. The lowest BCUT2D eigenvalue weighted by molar-refractivity contribution is -0.135. The van der Waals surface area contributed by atoms with Crippen LogP contribution in [-0.2, 0) is 4.79 Å². The Balaban J connectivity index is 2.01. The molecule has 0 amide bonds. The van der Waals surface area contributed by atoms with E-state index in [1.807, 2.05) is 12.2 Å². The Morgan fingerprint density at radius 3 is 2.75 bits per heavy atom. The van der Waals surface area contributed by atoms with E-state index in [9.17, 15) is 18.0 Å². The minimum atomic E-state index is -4.41. The SMILES string of the molecule is O=C(CC1C=CCC1)Oc1ccccc1SC(F)(F)F. The van der Waals surface area contributed by atoms with Crippen LogP contribution in [-0.4, -0.2) is 11.5 Å². The first-order valence-electron chi connectivity index (χ1n) is 6.16. The molecule has 1 aromatic carbocycles. The summed E-state index contributed by atoms with van der Waals surface area (Å²) in [5.74, 6) is -0.413. The number of benzene rings is 1. The molecule has 108 valence electrons. The van der Waals surface area contributed by atoms with E-state index in [1.54, 1.807) is 6.07 Å². The van der Waals surface area contributed by atoms with Crippen LogP contribution in [0.4, 0.5) is 13.2 Å². The van der Waals surface area contributed by atoms with Gasteiger partial charge in [0.15, 0.2) is 0 Å². The first kappa shape index (κ1) is 15.0. The summed E-state index contributed by atoms with van der Waals surface area (Å²) in [5.41, 5.74) is -4.41. The van der Waals surface area contributed by atoms with Crippen molar-refractivity contribution in [1.29, 1.82) is 0 Å². The van der Waals surface area contributed by atoms with E-state index >= 15 is 0 Å². The van der Waals surface area contributed by atoms with Gasteiger partial charge in [-0.25, -0.2) is 0 Å². The van der Waals surface area contributed by atoms with Crippen molar-refractivity contribution in [2.75, 3.05) is 0 Å². The minimum Gasteiger partial charge on any atom is -0.425 e. The molecule has 1 aliphatic carbocycles. The number of carbonyl (C=O) groups is 1. The Morgan fingerprint density at radius 1 is 1.35 bits per heavy atom. The summed E-state index contributed by atoms with van der Waals surface area (Å²) in [5, 5.41) is 0. The van der Waals surface area contributed by atoms with Crippen LogP contribution in [0.2, 0.25) is 0 Å². The van der Waals surface area contributed by atoms with E-state index < -0.39 is 11.5 Å². The van der Waals surface area contributed by atoms with Gasteiger partial charge >= 0.3 is 11.5 Å². The monoisotopic (exact) mass is 302 g/mol. The van der Waals surface area contributed by atoms with Gasteiger partial charge in [0.1, 0.15) is 5.75 Å². The van der Waals surface area contributed by atoms with Gasteiger partial charge in [0.05, 0.1) is 11.3 Å². The summed E-state index contributed by atoms with van der Waals surface area (Å²) in [4.78, 5) is 11.6. The Morgan fingerprint density at radius 2 is 2.10 bits per heavy atom. The van der Waals surface area contributed by atoms with Crippen molar-refractivity contribution in [1.82, 2.24) is 0 Å². The molecule has 0 heterocycles. The molecule has 0 bridgehead atoms. The fourth-order valence-electron chi connectivity index (χ4n) is 1.99. The quantitative estimate of drug-likeness (QED) is 0.353. The highest BCUT2D eigenvalue weighted by Crippen LogP contribution is 2.41. The second-order valence-corrected chi connectivity index (χ2v) is 5.55. The summed E-state index contributed by atoms with van der Waals surface area (Å²) >= 11 is -0.279. The number of para-hydroxylation sites is 1. The van der Waals surface area contributed by atoms with Crippen molar-refractivity contribution >= 4 is 17.7 Å². The number of hydrogen-bond acceptors (Lipinski definition) is 3. The largest absolute Gasteiger partial charge is 0.446 e. The van der Waals surface area contributed by atoms with Gasteiger partial charge in [0.2, 0.25) is 0 Å². The van der Waals surface area contributed by atoms with Crippen molar-refractivity contribution < 1.29 is 22.7 Å². The van der Waals surface area contributed by atoms with E-state index in [4.69, 9.17) is 4.74 Å². The van der Waals surface area contributed by atoms with Crippen molar-refractivity contribution in [2.24, 2.45) is 5.92 Å². The van der Waals surface area contributed by atoms with Crippen LogP contribution >= 0.6 is 11.8 Å². The average Bonchev–Trinajstić information content (AvgIpc) is 2.82. The Bertz CT molecular complexity index is 511. The third-order valence-electron chi connectivity index (χ3n) is 2.84. The third-order valence-corrected chi connectivity index (χ3v) is 3.63. The molecule has 20 heavy (non-hydrogen) atoms. The molecule has 1 unspecified atom stereocenters.